The zero-order valence-corrected chi connectivity index (χ0v) is 13.4. The molecule has 0 N–H and O–H groups in total. The van der Waals surface area contributed by atoms with E-state index >= 15 is 0 Å². The van der Waals surface area contributed by atoms with Gasteiger partial charge in [0.25, 0.3) is 0 Å². The molecule has 2 aromatic heterocycles. The largest absolute Gasteiger partial charge is 0.280 e. The number of alkyl halides is 1. The topological polar surface area (TPSA) is 30.7 Å². The summed E-state index contributed by atoms with van der Waals surface area (Å²) >= 11 is 12.2. The van der Waals surface area contributed by atoms with Crippen LogP contribution in [0.15, 0.2) is 30.5 Å². The van der Waals surface area contributed by atoms with Gasteiger partial charge in [0, 0.05) is 23.5 Å². The summed E-state index contributed by atoms with van der Waals surface area (Å²) < 4.78 is 2.06. The van der Waals surface area contributed by atoms with E-state index in [2.05, 4.69) is 9.55 Å². The normalized spacial score (nSPS) is 11.2. The second kappa shape index (κ2) is 5.66. The fourth-order valence-electron chi connectivity index (χ4n) is 2.48. The average Bonchev–Trinajstić information content (AvgIpc) is 2.82. The van der Waals surface area contributed by atoms with Gasteiger partial charge in [-0.25, -0.2) is 9.97 Å². The second-order valence-corrected chi connectivity index (χ2v) is 5.77. The van der Waals surface area contributed by atoms with E-state index in [-0.39, 0.29) is 0 Å². The molecule has 0 spiro atoms. The minimum atomic E-state index is 0.516. The number of nitrogens with zero attached hydrogens (tertiary/aromatic N) is 3. The molecule has 5 heteroatoms. The number of hydrogen-bond donors (Lipinski definition) is 0. The Bertz CT molecular complexity index is 809. The highest BCUT2D eigenvalue weighted by atomic mass is 35.5. The van der Waals surface area contributed by atoms with Gasteiger partial charge in [-0.15, -0.1) is 11.6 Å². The van der Waals surface area contributed by atoms with Crippen molar-refractivity contribution in [3.05, 3.63) is 52.4 Å². The molecule has 0 radical (unpaired) electrons. The molecule has 1 aromatic carbocycles. The molecule has 0 aliphatic carbocycles. The van der Waals surface area contributed by atoms with Crippen molar-refractivity contribution in [3.63, 3.8) is 0 Å². The van der Waals surface area contributed by atoms with Crippen LogP contribution < -0.4 is 0 Å². The molecular weight excluding hydrogens is 305 g/mol. The molecule has 0 atom stereocenters. The summed E-state index contributed by atoms with van der Waals surface area (Å²) in [4.78, 5) is 9.23. The van der Waals surface area contributed by atoms with Crippen LogP contribution in [0.2, 0.25) is 5.02 Å². The number of fused-ring (bicyclic) bond motifs is 1. The van der Waals surface area contributed by atoms with Crippen LogP contribution in [0.3, 0.4) is 0 Å². The fraction of sp³-hybridized carbons (Fsp3) is 0.250. The van der Waals surface area contributed by atoms with E-state index in [0.717, 1.165) is 38.8 Å². The lowest BCUT2D eigenvalue weighted by atomic mass is 10.2. The van der Waals surface area contributed by atoms with Crippen molar-refractivity contribution in [1.82, 2.24) is 14.5 Å². The third-order valence-corrected chi connectivity index (χ3v) is 4.21. The SMILES string of the molecule is Cc1c(Cl)cccc1-n1c(CCCl)nc2c(C)ccnc21. The molecule has 21 heavy (non-hydrogen) atoms. The summed E-state index contributed by atoms with van der Waals surface area (Å²) in [5.74, 6) is 1.43. The molecule has 3 aromatic rings. The predicted molar refractivity (Wildman–Crippen MR) is 87.8 cm³/mol. The van der Waals surface area contributed by atoms with Crippen molar-refractivity contribution in [2.24, 2.45) is 0 Å². The lowest BCUT2D eigenvalue weighted by Crippen LogP contribution is -2.05. The van der Waals surface area contributed by atoms with E-state index in [1.165, 1.54) is 0 Å². The third-order valence-electron chi connectivity index (χ3n) is 3.62. The highest BCUT2D eigenvalue weighted by Gasteiger charge is 2.16. The van der Waals surface area contributed by atoms with Crippen molar-refractivity contribution in [2.75, 3.05) is 5.88 Å². The fourth-order valence-corrected chi connectivity index (χ4v) is 2.82. The summed E-state index contributed by atoms with van der Waals surface area (Å²) in [5, 5.41) is 0.735. The molecular formula is C16H15Cl2N3. The Labute approximate surface area is 133 Å². The number of halogens is 2. The maximum absolute atomic E-state index is 6.26. The summed E-state index contributed by atoms with van der Waals surface area (Å²) in [6.07, 6.45) is 2.49. The van der Waals surface area contributed by atoms with Crippen LogP contribution >= 0.6 is 23.2 Å². The zero-order valence-electron chi connectivity index (χ0n) is 11.9. The summed E-state index contributed by atoms with van der Waals surface area (Å²) in [7, 11) is 0. The van der Waals surface area contributed by atoms with Crippen LogP contribution in [0.25, 0.3) is 16.9 Å². The highest BCUT2D eigenvalue weighted by Crippen LogP contribution is 2.28. The first-order chi connectivity index (χ1) is 10.1. The number of aromatic nitrogens is 3. The Kier molecular flexibility index (Phi) is 3.87. The first-order valence-corrected chi connectivity index (χ1v) is 7.69. The lowest BCUT2D eigenvalue weighted by Gasteiger charge is -2.12. The van der Waals surface area contributed by atoms with Crippen LogP contribution in [-0.2, 0) is 6.42 Å². The smallest absolute Gasteiger partial charge is 0.164 e. The van der Waals surface area contributed by atoms with E-state index in [9.17, 15) is 0 Å². The number of hydrogen-bond acceptors (Lipinski definition) is 2. The van der Waals surface area contributed by atoms with Gasteiger partial charge >= 0.3 is 0 Å². The molecule has 3 rings (SSSR count). The van der Waals surface area contributed by atoms with Gasteiger partial charge in [-0.05, 0) is 43.2 Å². The molecule has 0 unspecified atom stereocenters. The lowest BCUT2D eigenvalue weighted by molar-refractivity contribution is 0.900. The van der Waals surface area contributed by atoms with E-state index in [1.54, 1.807) is 6.20 Å². The van der Waals surface area contributed by atoms with Gasteiger partial charge < -0.3 is 0 Å². The quantitative estimate of drug-likeness (QED) is 0.667. The molecule has 0 bridgehead atoms. The predicted octanol–water partition coefficient (Wildman–Crippen LogP) is 4.47. The Morgan fingerprint density at radius 1 is 1.19 bits per heavy atom. The zero-order chi connectivity index (χ0) is 15.0. The molecule has 0 fully saturated rings. The standard InChI is InChI=1S/C16H15Cl2N3/c1-10-7-9-19-16-15(10)20-14(6-8-17)21(16)13-5-3-4-12(18)11(13)2/h3-5,7,9H,6,8H2,1-2H3. The van der Waals surface area contributed by atoms with Gasteiger partial charge in [0.15, 0.2) is 5.65 Å². The summed E-state index contributed by atoms with van der Waals surface area (Å²) in [5.41, 5.74) is 4.88. The van der Waals surface area contributed by atoms with E-state index < -0.39 is 0 Å². The van der Waals surface area contributed by atoms with Crippen molar-refractivity contribution < 1.29 is 0 Å². The monoisotopic (exact) mass is 319 g/mol. The molecule has 2 heterocycles. The molecule has 0 saturated carbocycles. The van der Waals surface area contributed by atoms with Crippen molar-refractivity contribution in [3.8, 4) is 5.69 Å². The van der Waals surface area contributed by atoms with E-state index in [1.807, 2.05) is 38.1 Å². The number of imidazole rings is 1. The van der Waals surface area contributed by atoms with Crippen molar-refractivity contribution >= 4 is 34.4 Å². The van der Waals surface area contributed by atoms with Gasteiger partial charge in [0.2, 0.25) is 0 Å². The van der Waals surface area contributed by atoms with Gasteiger partial charge in [-0.1, -0.05) is 17.7 Å². The first kappa shape index (κ1) is 14.4. The Balaban J connectivity index is 2.37. The van der Waals surface area contributed by atoms with Crippen LogP contribution in [0, 0.1) is 13.8 Å². The van der Waals surface area contributed by atoms with Gasteiger partial charge in [-0.2, -0.15) is 0 Å². The van der Waals surface area contributed by atoms with E-state index in [4.69, 9.17) is 28.2 Å². The number of aryl methyl sites for hydroxylation is 2. The van der Waals surface area contributed by atoms with Crippen LogP contribution in [-0.4, -0.2) is 20.4 Å². The maximum Gasteiger partial charge on any atom is 0.164 e. The molecule has 0 aliphatic heterocycles. The maximum atomic E-state index is 6.26. The minimum absolute atomic E-state index is 0.516. The number of rotatable bonds is 3. The van der Waals surface area contributed by atoms with Crippen LogP contribution in [0.4, 0.5) is 0 Å². The minimum Gasteiger partial charge on any atom is -0.280 e. The Morgan fingerprint density at radius 3 is 2.76 bits per heavy atom. The Morgan fingerprint density at radius 2 is 2.00 bits per heavy atom. The average molecular weight is 320 g/mol. The third kappa shape index (κ3) is 2.41. The second-order valence-electron chi connectivity index (χ2n) is 4.99. The van der Waals surface area contributed by atoms with Crippen molar-refractivity contribution in [1.29, 1.82) is 0 Å². The highest BCUT2D eigenvalue weighted by molar-refractivity contribution is 6.31. The molecule has 0 saturated heterocycles. The Hall–Kier alpha value is -1.58. The van der Waals surface area contributed by atoms with Crippen LogP contribution in [0.1, 0.15) is 17.0 Å². The van der Waals surface area contributed by atoms with Gasteiger partial charge in [0.1, 0.15) is 11.3 Å². The number of pyridine rings is 1. The molecule has 0 amide bonds. The van der Waals surface area contributed by atoms with Gasteiger partial charge in [-0.3, -0.25) is 4.57 Å². The molecule has 108 valence electrons. The van der Waals surface area contributed by atoms with Crippen molar-refractivity contribution in [2.45, 2.75) is 20.3 Å². The summed E-state index contributed by atoms with van der Waals surface area (Å²) in [6, 6.07) is 7.83. The van der Waals surface area contributed by atoms with Gasteiger partial charge in [0.05, 0.1) is 5.69 Å². The van der Waals surface area contributed by atoms with E-state index in [0.29, 0.717) is 12.3 Å². The molecule has 0 aliphatic rings. The number of benzene rings is 1. The summed E-state index contributed by atoms with van der Waals surface area (Å²) in [6.45, 7) is 4.04. The molecule has 3 nitrogen and oxygen atoms in total. The van der Waals surface area contributed by atoms with Crippen LogP contribution in [0.5, 0.6) is 0 Å². The first-order valence-electron chi connectivity index (χ1n) is 6.78.